The number of hydrogen-bond donors (Lipinski definition) is 0. The zero-order chi connectivity index (χ0) is 37.4. The Kier molecular flexibility index (Phi) is 7.20. The summed E-state index contributed by atoms with van der Waals surface area (Å²) in [4.78, 5) is 10.6. The number of aromatic nitrogens is 3. The molecule has 2 heterocycles. The van der Waals surface area contributed by atoms with Crippen molar-refractivity contribution in [2.45, 2.75) is 19.3 Å². The van der Waals surface area contributed by atoms with Gasteiger partial charge in [0.2, 0.25) is 0 Å². The molecule has 0 atom stereocenters. The Labute approximate surface area is 326 Å². The fraction of sp³-hybridized carbons (Fsp3) is 0.0566. The van der Waals surface area contributed by atoms with Crippen LogP contribution in [0.3, 0.4) is 0 Å². The molecule has 11 rings (SSSR count). The summed E-state index contributed by atoms with van der Waals surface area (Å²) in [5, 5.41) is 4.91. The lowest BCUT2D eigenvalue weighted by atomic mass is 9.82. The van der Waals surface area contributed by atoms with Crippen LogP contribution in [0.4, 0.5) is 0 Å². The summed E-state index contributed by atoms with van der Waals surface area (Å²) in [5.74, 6) is 0.704. The second-order valence-electron chi connectivity index (χ2n) is 15.5. The topological polar surface area (TPSA) is 30.7 Å². The SMILES string of the molecule is CC1(C)c2ccccc2-c2ccc(-c3cc(-c4cc(-c5ccc6ccccc6c5)cc(-n5c6ccccc6c6ccccc65)c4)nc(-c4ccccc4)n3)cc21. The van der Waals surface area contributed by atoms with E-state index in [0.29, 0.717) is 5.82 Å². The second kappa shape index (κ2) is 12.5. The minimum absolute atomic E-state index is 0.120. The number of benzene rings is 8. The van der Waals surface area contributed by atoms with Crippen LogP contribution < -0.4 is 0 Å². The van der Waals surface area contributed by atoms with Crippen molar-refractivity contribution in [2.75, 3.05) is 0 Å². The second-order valence-corrected chi connectivity index (χ2v) is 15.5. The Bertz CT molecular complexity index is 3120. The Balaban J connectivity index is 1.16. The molecule has 0 spiro atoms. The van der Waals surface area contributed by atoms with E-state index in [-0.39, 0.29) is 5.41 Å². The van der Waals surface area contributed by atoms with Crippen LogP contribution in [0.25, 0.3) is 94.4 Å². The molecule has 1 aliphatic carbocycles. The third-order valence-electron chi connectivity index (χ3n) is 11.8. The number of rotatable bonds is 5. The Morgan fingerprint density at radius 2 is 1.00 bits per heavy atom. The van der Waals surface area contributed by atoms with Crippen molar-refractivity contribution >= 4 is 32.6 Å². The normalized spacial score (nSPS) is 13.0. The Morgan fingerprint density at radius 3 is 1.79 bits per heavy atom. The molecule has 0 bridgehead atoms. The Morgan fingerprint density at radius 1 is 0.393 bits per heavy atom. The molecule has 3 nitrogen and oxygen atoms in total. The summed E-state index contributed by atoms with van der Waals surface area (Å²) < 4.78 is 2.40. The van der Waals surface area contributed by atoms with E-state index in [2.05, 4.69) is 200 Å². The summed E-state index contributed by atoms with van der Waals surface area (Å²) in [6, 6.07) is 67.9. The van der Waals surface area contributed by atoms with Crippen LogP contribution in [0.2, 0.25) is 0 Å². The highest BCUT2D eigenvalue weighted by Crippen LogP contribution is 2.49. The van der Waals surface area contributed by atoms with Gasteiger partial charge in [0.25, 0.3) is 0 Å². The van der Waals surface area contributed by atoms with E-state index in [1.54, 1.807) is 0 Å². The first-order chi connectivity index (χ1) is 27.5. The van der Waals surface area contributed by atoms with Crippen LogP contribution in [0, 0.1) is 0 Å². The fourth-order valence-electron chi connectivity index (χ4n) is 8.95. The molecule has 3 heteroatoms. The minimum atomic E-state index is -0.120. The molecule has 0 N–H and O–H groups in total. The van der Waals surface area contributed by atoms with Gasteiger partial charge in [0, 0.05) is 38.6 Å². The zero-order valence-corrected chi connectivity index (χ0v) is 31.2. The first-order valence-electron chi connectivity index (χ1n) is 19.3. The highest BCUT2D eigenvalue weighted by Gasteiger charge is 2.35. The third-order valence-corrected chi connectivity index (χ3v) is 11.8. The maximum Gasteiger partial charge on any atom is 0.160 e. The van der Waals surface area contributed by atoms with Gasteiger partial charge in [-0.3, -0.25) is 0 Å². The van der Waals surface area contributed by atoms with Crippen molar-refractivity contribution in [2.24, 2.45) is 0 Å². The molecular weight excluding hydrogens is 679 g/mol. The van der Waals surface area contributed by atoms with E-state index in [1.807, 2.05) is 6.07 Å². The first-order valence-corrected chi connectivity index (χ1v) is 19.3. The molecule has 0 saturated carbocycles. The van der Waals surface area contributed by atoms with Gasteiger partial charge in [-0.1, -0.05) is 153 Å². The van der Waals surface area contributed by atoms with Crippen LogP contribution in [0.1, 0.15) is 25.0 Å². The van der Waals surface area contributed by atoms with Gasteiger partial charge in [-0.2, -0.15) is 0 Å². The summed E-state index contributed by atoms with van der Waals surface area (Å²) in [5.41, 5.74) is 15.8. The highest BCUT2D eigenvalue weighted by atomic mass is 15.0. The van der Waals surface area contributed by atoms with Crippen LogP contribution in [-0.2, 0) is 5.41 Å². The molecule has 0 fully saturated rings. The molecular formula is C53H37N3. The van der Waals surface area contributed by atoms with E-state index >= 15 is 0 Å². The predicted molar refractivity (Wildman–Crippen MR) is 233 cm³/mol. The molecule has 0 radical (unpaired) electrons. The van der Waals surface area contributed by atoms with Crippen molar-refractivity contribution in [1.82, 2.24) is 14.5 Å². The van der Waals surface area contributed by atoms with E-state index in [0.717, 1.165) is 44.9 Å². The summed E-state index contributed by atoms with van der Waals surface area (Å²) in [6.45, 7) is 4.66. The maximum absolute atomic E-state index is 5.34. The molecule has 0 amide bonds. The van der Waals surface area contributed by atoms with Crippen LogP contribution in [0.5, 0.6) is 0 Å². The number of fused-ring (bicyclic) bond motifs is 7. The molecule has 10 aromatic rings. The molecule has 2 aromatic heterocycles. The van der Waals surface area contributed by atoms with Crippen molar-refractivity contribution in [3.63, 3.8) is 0 Å². The molecule has 0 saturated heterocycles. The maximum atomic E-state index is 5.34. The van der Waals surface area contributed by atoms with E-state index in [9.17, 15) is 0 Å². The average molecular weight is 716 g/mol. The number of para-hydroxylation sites is 2. The lowest BCUT2D eigenvalue weighted by Gasteiger charge is -2.22. The van der Waals surface area contributed by atoms with Crippen molar-refractivity contribution in [3.8, 4) is 61.8 Å². The quantitative estimate of drug-likeness (QED) is 0.178. The fourth-order valence-corrected chi connectivity index (χ4v) is 8.95. The molecule has 8 aromatic carbocycles. The highest BCUT2D eigenvalue weighted by molar-refractivity contribution is 6.09. The smallest absolute Gasteiger partial charge is 0.160 e. The molecule has 1 aliphatic rings. The van der Waals surface area contributed by atoms with E-state index < -0.39 is 0 Å². The summed E-state index contributed by atoms with van der Waals surface area (Å²) in [7, 11) is 0. The lowest BCUT2D eigenvalue weighted by molar-refractivity contribution is 0.660. The average Bonchev–Trinajstić information content (AvgIpc) is 3.71. The van der Waals surface area contributed by atoms with Gasteiger partial charge in [-0.25, -0.2) is 9.97 Å². The van der Waals surface area contributed by atoms with Crippen LogP contribution in [0.15, 0.2) is 188 Å². The molecule has 0 unspecified atom stereocenters. The number of nitrogens with zero attached hydrogens (tertiary/aromatic N) is 3. The largest absolute Gasteiger partial charge is 0.309 e. The molecule has 56 heavy (non-hydrogen) atoms. The van der Waals surface area contributed by atoms with Gasteiger partial charge in [-0.15, -0.1) is 0 Å². The predicted octanol–water partition coefficient (Wildman–Crippen LogP) is 13.7. The van der Waals surface area contributed by atoms with E-state index in [1.165, 1.54) is 54.8 Å². The van der Waals surface area contributed by atoms with Gasteiger partial charge in [-0.05, 0) is 92.7 Å². The zero-order valence-electron chi connectivity index (χ0n) is 31.2. The van der Waals surface area contributed by atoms with Crippen molar-refractivity contribution in [1.29, 1.82) is 0 Å². The molecule has 0 aliphatic heterocycles. The van der Waals surface area contributed by atoms with Crippen molar-refractivity contribution in [3.05, 3.63) is 199 Å². The van der Waals surface area contributed by atoms with Crippen LogP contribution >= 0.6 is 0 Å². The summed E-state index contributed by atoms with van der Waals surface area (Å²) >= 11 is 0. The standard InChI is InChI=1S/C53H37N3/c1-53(2)46-21-11-8-18-42(46)43-27-26-38(32-47(43)53)48-33-49(55-52(54-48)35-15-4-3-5-16-35)40-29-39(37-25-24-34-14-6-7-17-36(34)28-37)30-41(31-40)56-50-22-12-9-19-44(50)45-20-10-13-23-51(45)56/h3-33H,1-2H3. The summed E-state index contributed by atoms with van der Waals surface area (Å²) in [6.07, 6.45) is 0. The monoisotopic (exact) mass is 715 g/mol. The minimum Gasteiger partial charge on any atom is -0.309 e. The number of hydrogen-bond acceptors (Lipinski definition) is 2. The lowest BCUT2D eigenvalue weighted by Crippen LogP contribution is -2.14. The Hall–Kier alpha value is -7.10. The van der Waals surface area contributed by atoms with Gasteiger partial charge in [0.1, 0.15) is 0 Å². The van der Waals surface area contributed by atoms with Gasteiger partial charge in [0.15, 0.2) is 5.82 Å². The third kappa shape index (κ3) is 5.12. The molecule has 264 valence electrons. The van der Waals surface area contributed by atoms with Crippen molar-refractivity contribution < 1.29 is 0 Å². The van der Waals surface area contributed by atoms with Gasteiger partial charge >= 0.3 is 0 Å². The van der Waals surface area contributed by atoms with Crippen LogP contribution in [-0.4, -0.2) is 14.5 Å². The van der Waals surface area contributed by atoms with Gasteiger partial charge in [0.05, 0.1) is 22.4 Å². The first kappa shape index (κ1) is 32.3. The van der Waals surface area contributed by atoms with E-state index in [4.69, 9.17) is 9.97 Å². The van der Waals surface area contributed by atoms with Gasteiger partial charge < -0.3 is 4.57 Å².